The molecule has 0 bridgehead atoms. The van der Waals surface area contributed by atoms with Gasteiger partial charge in [0.2, 0.25) is 6.79 Å². The van der Waals surface area contributed by atoms with Crippen molar-refractivity contribution in [3.8, 4) is 11.5 Å². The van der Waals surface area contributed by atoms with Crippen LogP contribution in [0.25, 0.3) is 0 Å². The number of cyclic esters (lactones) is 1. The molecule has 2 heterocycles. The molecule has 1 fully saturated rings. The minimum atomic E-state index is -0.688. The number of rotatable bonds is 2. The summed E-state index contributed by atoms with van der Waals surface area (Å²) < 4.78 is 15.7. The van der Waals surface area contributed by atoms with Crippen LogP contribution in [0, 0.1) is 0 Å². The predicted molar refractivity (Wildman–Crippen MR) is 61.5 cm³/mol. The van der Waals surface area contributed by atoms with E-state index in [4.69, 9.17) is 14.2 Å². The highest BCUT2D eigenvalue weighted by atomic mass is 16.7. The van der Waals surface area contributed by atoms with Crippen LogP contribution in [0.15, 0.2) is 18.2 Å². The van der Waals surface area contributed by atoms with Crippen LogP contribution in [-0.2, 0) is 9.53 Å². The third kappa shape index (κ3) is 1.80. The van der Waals surface area contributed by atoms with Gasteiger partial charge in [0.1, 0.15) is 6.10 Å². The molecule has 1 aromatic carbocycles. The van der Waals surface area contributed by atoms with Crippen molar-refractivity contribution >= 4 is 5.97 Å². The lowest BCUT2D eigenvalue weighted by Gasteiger charge is -2.20. The quantitative estimate of drug-likeness (QED) is 0.799. The maximum absolute atomic E-state index is 11.4. The molecule has 0 aliphatic carbocycles. The van der Waals surface area contributed by atoms with Gasteiger partial charge in [0, 0.05) is 5.92 Å². The summed E-state index contributed by atoms with van der Waals surface area (Å²) in [5.74, 6) is 0.976. The molecule has 2 aliphatic rings. The maximum atomic E-state index is 11.4. The summed E-state index contributed by atoms with van der Waals surface area (Å²) in [5.41, 5.74) is 0.927. The zero-order valence-corrected chi connectivity index (χ0v) is 9.96. The first-order valence-corrected chi connectivity index (χ1v) is 5.92. The van der Waals surface area contributed by atoms with Crippen molar-refractivity contribution in [3.05, 3.63) is 23.8 Å². The van der Waals surface area contributed by atoms with Gasteiger partial charge in [-0.3, -0.25) is 4.79 Å². The fourth-order valence-corrected chi connectivity index (χ4v) is 2.46. The van der Waals surface area contributed by atoms with Gasteiger partial charge >= 0.3 is 5.97 Å². The van der Waals surface area contributed by atoms with E-state index in [0.29, 0.717) is 11.5 Å². The fraction of sp³-hybridized carbons (Fsp3) is 0.462. The van der Waals surface area contributed by atoms with E-state index in [1.54, 1.807) is 6.92 Å². The van der Waals surface area contributed by atoms with Crippen molar-refractivity contribution < 1.29 is 24.1 Å². The zero-order chi connectivity index (χ0) is 12.7. The van der Waals surface area contributed by atoms with Crippen molar-refractivity contribution in [1.29, 1.82) is 0 Å². The molecule has 5 heteroatoms. The number of aliphatic hydroxyl groups is 1. The van der Waals surface area contributed by atoms with Crippen molar-refractivity contribution in [2.45, 2.75) is 31.5 Å². The van der Waals surface area contributed by atoms with Crippen LogP contribution in [0.2, 0.25) is 0 Å². The van der Waals surface area contributed by atoms with Gasteiger partial charge in [0.15, 0.2) is 11.5 Å². The SMILES string of the molecule is C[C@H](O)[C@@H]1OC(=O)C[C@H]1c1ccc2c(c1)OCO2. The van der Waals surface area contributed by atoms with Crippen LogP contribution < -0.4 is 9.47 Å². The Morgan fingerprint density at radius 1 is 1.33 bits per heavy atom. The first-order valence-electron chi connectivity index (χ1n) is 5.92. The second-order valence-corrected chi connectivity index (χ2v) is 4.62. The molecule has 2 aliphatic heterocycles. The number of hydrogen-bond donors (Lipinski definition) is 1. The largest absolute Gasteiger partial charge is 0.459 e. The minimum absolute atomic E-state index is 0.132. The molecule has 0 unspecified atom stereocenters. The second kappa shape index (κ2) is 4.17. The lowest BCUT2D eigenvalue weighted by molar-refractivity contribution is -0.145. The van der Waals surface area contributed by atoms with Crippen molar-refractivity contribution in [1.82, 2.24) is 0 Å². The van der Waals surface area contributed by atoms with Gasteiger partial charge in [-0.2, -0.15) is 0 Å². The average Bonchev–Trinajstić information content (AvgIpc) is 2.93. The van der Waals surface area contributed by atoms with Crippen LogP contribution in [0.3, 0.4) is 0 Å². The Balaban J connectivity index is 1.91. The van der Waals surface area contributed by atoms with E-state index in [1.165, 1.54) is 0 Å². The van der Waals surface area contributed by atoms with Crippen LogP contribution in [0.1, 0.15) is 24.8 Å². The lowest BCUT2D eigenvalue weighted by Crippen LogP contribution is -2.27. The van der Waals surface area contributed by atoms with E-state index in [9.17, 15) is 9.90 Å². The van der Waals surface area contributed by atoms with E-state index in [2.05, 4.69) is 0 Å². The second-order valence-electron chi connectivity index (χ2n) is 4.62. The molecule has 0 saturated carbocycles. The third-order valence-electron chi connectivity index (χ3n) is 3.35. The molecule has 1 N–H and O–H groups in total. The molecule has 0 spiro atoms. The van der Waals surface area contributed by atoms with Crippen molar-refractivity contribution in [2.75, 3.05) is 6.79 Å². The normalized spacial score (nSPS) is 27.1. The zero-order valence-electron chi connectivity index (χ0n) is 9.96. The van der Waals surface area contributed by atoms with E-state index >= 15 is 0 Å². The molecular weight excluding hydrogens is 236 g/mol. The van der Waals surface area contributed by atoms with Gasteiger partial charge in [-0.25, -0.2) is 0 Å². The summed E-state index contributed by atoms with van der Waals surface area (Å²) in [4.78, 5) is 11.4. The summed E-state index contributed by atoms with van der Waals surface area (Å²) in [6, 6.07) is 5.55. The number of ether oxygens (including phenoxy) is 3. The monoisotopic (exact) mass is 250 g/mol. The van der Waals surface area contributed by atoms with Gasteiger partial charge in [0.25, 0.3) is 0 Å². The lowest BCUT2D eigenvalue weighted by atomic mass is 9.90. The molecular formula is C13H14O5. The Morgan fingerprint density at radius 3 is 2.89 bits per heavy atom. The predicted octanol–water partition coefficient (Wildman–Crippen LogP) is 1.20. The average molecular weight is 250 g/mol. The first-order chi connectivity index (χ1) is 8.65. The molecule has 3 rings (SSSR count). The topological polar surface area (TPSA) is 65.0 Å². The van der Waals surface area contributed by atoms with Crippen LogP contribution in [-0.4, -0.2) is 30.1 Å². The Kier molecular flexibility index (Phi) is 2.63. The number of aliphatic hydroxyl groups excluding tert-OH is 1. The van der Waals surface area contributed by atoms with Gasteiger partial charge in [-0.1, -0.05) is 6.07 Å². The Hall–Kier alpha value is -1.75. The molecule has 5 nitrogen and oxygen atoms in total. The van der Waals surface area contributed by atoms with Crippen molar-refractivity contribution in [3.63, 3.8) is 0 Å². The number of benzene rings is 1. The Morgan fingerprint density at radius 2 is 2.11 bits per heavy atom. The minimum Gasteiger partial charge on any atom is -0.459 e. The first kappa shape index (κ1) is 11.3. The summed E-state index contributed by atoms with van der Waals surface area (Å²) in [7, 11) is 0. The highest BCUT2D eigenvalue weighted by Gasteiger charge is 2.39. The van der Waals surface area contributed by atoms with Crippen LogP contribution >= 0.6 is 0 Å². The summed E-state index contributed by atoms with van der Waals surface area (Å²) >= 11 is 0. The fourth-order valence-electron chi connectivity index (χ4n) is 2.46. The van der Waals surface area contributed by atoms with E-state index < -0.39 is 12.2 Å². The summed E-state index contributed by atoms with van der Waals surface area (Å²) in [6.45, 7) is 1.85. The smallest absolute Gasteiger partial charge is 0.306 e. The van der Waals surface area contributed by atoms with Gasteiger partial charge in [0.05, 0.1) is 12.5 Å². The molecule has 3 atom stereocenters. The summed E-state index contributed by atoms with van der Waals surface area (Å²) in [5, 5.41) is 9.66. The number of carbonyl (C=O) groups is 1. The standard InChI is InChI=1S/C13H14O5/c1-7(14)13-9(5-12(15)18-13)8-2-3-10-11(4-8)17-6-16-10/h2-4,7,9,13-14H,5-6H2,1H3/t7-,9-,13-/m0/s1. The Labute approximate surface area is 104 Å². The van der Waals surface area contributed by atoms with Gasteiger partial charge < -0.3 is 19.3 Å². The van der Waals surface area contributed by atoms with E-state index in [-0.39, 0.29) is 25.1 Å². The Bertz CT molecular complexity index is 482. The molecule has 0 radical (unpaired) electrons. The molecule has 0 amide bonds. The molecule has 0 aromatic heterocycles. The van der Waals surface area contributed by atoms with Gasteiger partial charge in [-0.15, -0.1) is 0 Å². The third-order valence-corrected chi connectivity index (χ3v) is 3.35. The molecule has 18 heavy (non-hydrogen) atoms. The molecule has 1 aromatic rings. The number of carbonyl (C=O) groups excluding carboxylic acids is 1. The molecule has 1 saturated heterocycles. The van der Waals surface area contributed by atoms with E-state index in [1.807, 2.05) is 18.2 Å². The molecule has 96 valence electrons. The summed E-state index contributed by atoms with van der Waals surface area (Å²) in [6.07, 6.45) is -0.889. The highest BCUT2D eigenvalue weighted by molar-refractivity contribution is 5.73. The maximum Gasteiger partial charge on any atom is 0.306 e. The number of fused-ring (bicyclic) bond motifs is 1. The van der Waals surface area contributed by atoms with Crippen LogP contribution in [0.5, 0.6) is 11.5 Å². The number of hydrogen-bond acceptors (Lipinski definition) is 5. The number of esters is 1. The van der Waals surface area contributed by atoms with Crippen molar-refractivity contribution in [2.24, 2.45) is 0 Å². The highest BCUT2D eigenvalue weighted by Crippen LogP contribution is 2.39. The van der Waals surface area contributed by atoms with Gasteiger partial charge in [-0.05, 0) is 24.6 Å². The van der Waals surface area contributed by atoms with Crippen LogP contribution in [0.4, 0.5) is 0 Å². The van der Waals surface area contributed by atoms with E-state index in [0.717, 1.165) is 5.56 Å².